The number of carbonyl (C=O) groups is 1. The molecular weight excluding hydrogens is 343 g/mol. The average Bonchev–Trinajstić information content (AvgIpc) is 2.68. The van der Waals surface area contributed by atoms with E-state index in [1.165, 1.54) is 12.1 Å². The number of halogens is 1. The average molecular weight is 364 g/mol. The van der Waals surface area contributed by atoms with E-state index in [1.54, 1.807) is 24.3 Å². The minimum Gasteiger partial charge on any atom is -0.492 e. The van der Waals surface area contributed by atoms with E-state index in [-0.39, 0.29) is 11.7 Å². The number of ether oxygens (including phenoxy) is 1. The third kappa shape index (κ3) is 4.85. The van der Waals surface area contributed by atoms with Gasteiger partial charge in [0.15, 0.2) is 0 Å². The Bertz CT molecular complexity index is 900. The van der Waals surface area contributed by atoms with E-state index in [0.717, 1.165) is 5.56 Å². The van der Waals surface area contributed by atoms with Crippen molar-refractivity contribution in [1.82, 2.24) is 0 Å². The van der Waals surface area contributed by atoms with Gasteiger partial charge >= 0.3 is 0 Å². The first-order valence-electron chi connectivity index (χ1n) is 8.77. The highest BCUT2D eigenvalue weighted by molar-refractivity contribution is 5.98. The quantitative estimate of drug-likeness (QED) is 0.619. The summed E-state index contributed by atoms with van der Waals surface area (Å²) in [7, 11) is 0. The maximum absolute atomic E-state index is 13.5. The predicted molar refractivity (Wildman–Crippen MR) is 105 cm³/mol. The number of nitrogens with one attached hydrogen (secondary N) is 2. The molecule has 0 aliphatic rings. The molecule has 0 saturated heterocycles. The Hall–Kier alpha value is -3.34. The number of anilines is 2. The van der Waals surface area contributed by atoms with Crippen LogP contribution in [0.25, 0.3) is 0 Å². The van der Waals surface area contributed by atoms with Crippen molar-refractivity contribution in [2.24, 2.45) is 0 Å². The molecule has 0 heterocycles. The van der Waals surface area contributed by atoms with Gasteiger partial charge in [0.25, 0.3) is 5.91 Å². The maximum atomic E-state index is 13.5. The first-order chi connectivity index (χ1) is 13.2. The van der Waals surface area contributed by atoms with Gasteiger partial charge in [-0.05, 0) is 42.8 Å². The van der Waals surface area contributed by atoms with Crippen molar-refractivity contribution < 1.29 is 13.9 Å². The van der Waals surface area contributed by atoms with E-state index >= 15 is 0 Å². The summed E-state index contributed by atoms with van der Waals surface area (Å²) < 4.78 is 19.1. The van der Waals surface area contributed by atoms with Crippen molar-refractivity contribution in [3.8, 4) is 5.75 Å². The Labute approximate surface area is 158 Å². The Balaban J connectivity index is 1.87. The van der Waals surface area contributed by atoms with Crippen LogP contribution in [0.2, 0.25) is 0 Å². The van der Waals surface area contributed by atoms with Gasteiger partial charge < -0.3 is 15.4 Å². The van der Waals surface area contributed by atoms with Crippen LogP contribution in [-0.2, 0) is 4.79 Å². The molecule has 0 spiro atoms. The van der Waals surface area contributed by atoms with E-state index in [0.29, 0.717) is 23.7 Å². The Morgan fingerprint density at radius 2 is 1.74 bits per heavy atom. The highest BCUT2D eigenvalue weighted by Gasteiger charge is 2.21. The van der Waals surface area contributed by atoms with E-state index in [9.17, 15) is 9.18 Å². The summed E-state index contributed by atoms with van der Waals surface area (Å²) in [6.45, 7) is 2.38. The highest BCUT2D eigenvalue weighted by Crippen LogP contribution is 2.27. The normalized spacial score (nSPS) is 11.5. The lowest BCUT2D eigenvalue weighted by Crippen LogP contribution is -2.27. The largest absolute Gasteiger partial charge is 0.492 e. The molecule has 1 atom stereocenters. The second-order valence-corrected chi connectivity index (χ2v) is 5.92. The number of rotatable bonds is 7. The molecule has 3 aromatic rings. The van der Waals surface area contributed by atoms with Crippen LogP contribution in [0.3, 0.4) is 0 Å². The molecule has 0 unspecified atom stereocenters. The monoisotopic (exact) mass is 364 g/mol. The van der Waals surface area contributed by atoms with Crippen molar-refractivity contribution in [3.63, 3.8) is 0 Å². The second-order valence-electron chi connectivity index (χ2n) is 5.92. The first-order valence-corrected chi connectivity index (χ1v) is 8.77. The number of amides is 1. The van der Waals surface area contributed by atoms with Crippen LogP contribution in [0.1, 0.15) is 18.5 Å². The zero-order chi connectivity index (χ0) is 19.1. The molecule has 1 amide bonds. The minimum atomic E-state index is -0.692. The second kappa shape index (κ2) is 8.85. The van der Waals surface area contributed by atoms with Crippen LogP contribution in [0.5, 0.6) is 5.75 Å². The molecular formula is C22H21FN2O2. The molecule has 0 aromatic heterocycles. The molecule has 3 rings (SSSR count). The lowest BCUT2D eigenvalue weighted by Gasteiger charge is -2.21. The van der Waals surface area contributed by atoms with Gasteiger partial charge in [-0.3, -0.25) is 4.79 Å². The summed E-state index contributed by atoms with van der Waals surface area (Å²) in [6.07, 6.45) is 0. The first kappa shape index (κ1) is 18.5. The summed E-state index contributed by atoms with van der Waals surface area (Å²) in [5.74, 6) is -0.0301. The van der Waals surface area contributed by atoms with Crippen LogP contribution in [0.4, 0.5) is 15.8 Å². The van der Waals surface area contributed by atoms with E-state index in [4.69, 9.17) is 4.74 Å². The smallest absolute Gasteiger partial charge is 0.251 e. The fraction of sp³-hybridized carbons (Fsp3) is 0.136. The maximum Gasteiger partial charge on any atom is 0.251 e. The molecule has 0 radical (unpaired) electrons. The highest BCUT2D eigenvalue weighted by atomic mass is 19.1. The zero-order valence-corrected chi connectivity index (χ0v) is 15.0. The van der Waals surface area contributed by atoms with E-state index < -0.39 is 6.04 Å². The molecule has 27 heavy (non-hydrogen) atoms. The van der Waals surface area contributed by atoms with Crippen molar-refractivity contribution in [1.29, 1.82) is 0 Å². The number of hydrogen-bond donors (Lipinski definition) is 2. The van der Waals surface area contributed by atoms with Crippen LogP contribution < -0.4 is 15.4 Å². The summed E-state index contributed by atoms with van der Waals surface area (Å²) in [5, 5.41) is 6.02. The van der Waals surface area contributed by atoms with Gasteiger partial charge in [-0.1, -0.05) is 48.5 Å². The minimum absolute atomic E-state index is 0.266. The van der Waals surface area contributed by atoms with Crippen molar-refractivity contribution in [2.75, 3.05) is 17.2 Å². The molecule has 0 bridgehead atoms. The summed E-state index contributed by atoms with van der Waals surface area (Å²) in [5.41, 5.74) is 1.89. The summed E-state index contributed by atoms with van der Waals surface area (Å²) in [6, 6.07) is 21.9. The van der Waals surface area contributed by atoms with Gasteiger partial charge in [0.2, 0.25) is 0 Å². The Kier molecular flexibility index (Phi) is 6.05. The predicted octanol–water partition coefficient (Wildman–Crippen LogP) is 5.02. The van der Waals surface area contributed by atoms with Crippen molar-refractivity contribution in [3.05, 3.63) is 90.2 Å². The van der Waals surface area contributed by atoms with Gasteiger partial charge in [0, 0.05) is 5.69 Å². The van der Waals surface area contributed by atoms with Crippen molar-refractivity contribution >= 4 is 17.3 Å². The van der Waals surface area contributed by atoms with E-state index in [2.05, 4.69) is 10.6 Å². The molecule has 0 fully saturated rings. The fourth-order valence-corrected chi connectivity index (χ4v) is 2.75. The molecule has 3 aromatic carbocycles. The fourth-order valence-electron chi connectivity index (χ4n) is 2.75. The third-order valence-electron chi connectivity index (χ3n) is 3.98. The number of hydrogen-bond acceptors (Lipinski definition) is 3. The summed E-state index contributed by atoms with van der Waals surface area (Å²) >= 11 is 0. The lowest BCUT2D eigenvalue weighted by atomic mass is 10.1. The van der Waals surface area contributed by atoms with Crippen LogP contribution in [-0.4, -0.2) is 12.5 Å². The molecule has 2 N–H and O–H groups in total. The van der Waals surface area contributed by atoms with Crippen LogP contribution in [0.15, 0.2) is 78.9 Å². The van der Waals surface area contributed by atoms with E-state index in [1.807, 2.05) is 49.4 Å². The number of para-hydroxylation sites is 2. The van der Waals surface area contributed by atoms with Crippen LogP contribution in [0, 0.1) is 5.82 Å². The molecule has 5 heteroatoms. The van der Waals surface area contributed by atoms with Gasteiger partial charge in [0.05, 0.1) is 12.3 Å². The number of benzene rings is 3. The Morgan fingerprint density at radius 1 is 1.00 bits per heavy atom. The van der Waals surface area contributed by atoms with Gasteiger partial charge in [0.1, 0.15) is 17.6 Å². The zero-order valence-electron chi connectivity index (χ0n) is 15.0. The molecule has 138 valence electrons. The molecule has 0 saturated carbocycles. The number of carbonyl (C=O) groups excluding carboxylic acids is 1. The summed E-state index contributed by atoms with van der Waals surface area (Å²) in [4.78, 5) is 13.0. The van der Waals surface area contributed by atoms with Gasteiger partial charge in [-0.2, -0.15) is 0 Å². The SMILES string of the molecule is CCOc1ccccc1NC(=O)[C@@H](Nc1cccc(F)c1)c1ccccc1. The molecule has 0 aliphatic carbocycles. The van der Waals surface area contributed by atoms with Gasteiger partial charge in [-0.15, -0.1) is 0 Å². The van der Waals surface area contributed by atoms with Gasteiger partial charge in [-0.25, -0.2) is 4.39 Å². The van der Waals surface area contributed by atoms with Crippen molar-refractivity contribution in [2.45, 2.75) is 13.0 Å². The molecule has 4 nitrogen and oxygen atoms in total. The lowest BCUT2D eigenvalue weighted by molar-refractivity contribution is -0.117. The Morgan fingerprint density at radius 3 is 2.48 bits per heavy atom. The third-order valence-corrected chi connectivity index (χ3v) is 3.98. The standard InChI is InChI=1S/C22H21FN2O2/c1-2-27-20-14-7-6-13-19(20)25-22(26)21(16-9-4-3-5-10-16)24-18-12-8-11-17(23)15-18/h3-15,21,24H,2H2,1H3,(H,25,26)/t21-/m0/s1. The van der Waals surface area contributed by atoms with Crippen LogP contribution >= 0.6 is 0 Å². The molecule has 0 aliphatic heterocycles. The topological polar surface area (TPSA) is 50.4 Å².